The van der Waals surface area contributed by atoms with Crippen LogP contribution in [0.2, 0.25) is 0 Å². The summed E-state index contributed by atoms with van der Waals surface area (Å²) in [4.78, 5) is 11.4. The molecule has 0 radical (unpaired) electrons. The van der Waals surface area contributed by atoms with E-state index in [0.717, 1.165) is 5.56 Å². The summed E-state index contributed by atoms with van der Waals surface area (Å²) in [5, 5.41) is 2.61. The second-order valence-electron chi connectivity index (χ2n) is 4.25. The second-order valence-corrected chi connectivity index (χ2v) is 4.25. The Morgan fingerprint density at radius 2 is 1.73 bits per heavy atom. The Bertz CT molecular complexity index is 410. The first-order valence-electron chi connectivity index (χ1n) is 7.15. The number of carbonyl (C=O) groups is 1. The summed E-state index contributed by atoms with van der Waals surface area (Å²) in [6.45, 7) is 6.43. The molecule has 0 heterocycles. The Morgan fingerprint density at radius 3 is 2.45 bits per heavy atom. The van der Waals surface area contributed by atoms with Crippen molar-refractivity contribution in [3.63, 3.8) is 0 Å². The molecule has 0 atom stereocenters. The van der Waals surface area contributed by atoms with Gasteiger partial charge >= 0.3 is 6.09 Å². The fraction of sp³-hybridized carbons (Fsp3) is 0.438. The zero-order chi connectivity index (χ0) is 15.9. The highest BCUT2D eigenvalue weighted by Crippen LogP contribution is 2.00. The van der Waals surface area contributed by atoms with Gasteiger partial charge in [-0.05, 0) is 5.56 Å². The summed E-state index contributed by atoms with van der Waals surface area (Å²) in [6.07, 6.45) is 0.924. The lowest BCUT2D eigenvalue weighted by Crippen LogP contribution is -2.28. The molecule has 6 nitrogen and oxygen atoms in total. The zero-order valence-corrected chi connectivity index (χ0v) is 12.7. The number of ether oxygens (including phenoxy) is 4. The van der Waals surface area contributed by atoms with Crippen molar-refractivity contribution in [3.05, 3.63) is 48.7 Å². The molecular formula is C16H23NO5. The molecule has 0 saturated carbocycles. The van der Waals surface area contributed by atoms with Crippen molar-refractivity contribution in [3.8, 4) is 0 Å². The lowest BCUT2D eigenvalue weighted by atomic mass is 10.2. The van der Waals surface area contributed by atoms with Crippen LogP contribution in [-0.4, -0.2) is 45.7 Å². The fourth-order valence-electron chi connectivity index (χ4n) is 1.51. The van der Waals surface area contributed by atoms with E-state index in [0.29, 0.717) is 39.6 Å². The SMILES string of the molecule is C=COCCOCCOCCNC(=O)OCc1ccccc1. The topological polar surface area (TPSA) is 66.0 Å². The van der Waals surface area contributed by atoms with Gasteiger partial charge in [0.25, 0.3) is 0 Å². The molecule has 0 fully saturated rings. The van der Waals surface area contributed by atoms with Crippen molar-refractivity contribution in [2.45, 2.75) is 6.61 Å². The van der Waals surface area contributed by atoms with Gasteiger partial charge in [-0.2, -0.15) is 0 Å². The molecule has 0 aromatic heterocycles. The van der Waals surface area contributed by atoms with E-state index in [1.54, 1.807) is 0 Å². The molecule has 0 bridgehead atoms. The summed E-state index contributed by atoms with van der Waals surface area (Å²) in [6, 6.07) is 9.51. The molecule has 122 valence electrons. The molecule has 6 heteroatoms. The lowest BCUT2D eigenvalue weighted by molar-refractivity contribution is 0.0312. The molecular weight excluding hydrogens is 286 g/mol. The smallest absolute Gasteiger partial charge is 0.407 e. The standard InChI is InChI=1S/C16H23NO5/c1-2-19-10-11-21-13-12-20-9-8-17-16(18)22-14-15-6-4-3-5-7-15/h2-7H,1,8-14H2,(H,17,18). The molecule has 0 aliphatic carbocycles. The van der Waals surface area contributed by atoms with Crippen molar-refractivity contribution >= 4 is 6.09 Å². The highest BCUT2D eigenvalue weighted by atomic mass is 16.6. The van der Waals surface area contributed by atoms with E-state index in [4.69, 9.17) is 18.9 Å². The summed E-state index contributed by atoms with van der Waals surface area (Å²) >= 11 is 0. The molecule has 1 amide bonds. The van der Waals surface area contributed by atoms with Crippen LogP contribution in [0.4, 0.5) is 4.79 Å². The van der Waals surface area contributed by atoms with Gasteiger partial charge in [0.15, 0.2) is 0 Å². The maximum atomic E-state index is 11.4. The van der Waals surface area contributed by atoms with Gasteiger partial charge in [0.2, 0.25) is 0 Å². The maximum absolute atomic E-state index is 11.4. The van der Waals surface area contributed by atoms with E-state index < -0.39 is 6.09 Å². The predicted molar refractivity (Wildman–Crippen MR) is 82.4 cm³/mol. The highest BCUT2D eigenvalue weighted by molar-refractivity contribution is 5.67. The fourth-order valence-corrected chi connectivity index (χ4v) is 1.51. The lowest BCUT2D eigenvalue weighted by Gasteiger charge is -2.08. The van der Waals surface area contributed by atoms with Crippen molar-refractivity contribution in [2.75, 3.05) is 39.6 Å². The molecule has 0 saturated heterocycles. The normalized spacial score (nSPS) is 10.0. The maximum Gasteiger partial charge on any atom is 0.407 e. The van der Waals surface area contributed by atoms with Crippen LogP contribution in [0.5, 0.6) is 0 Å². The van der Waals surface area contributed by atoms with Gasteiger partial charge in [-0.25, -0.2) is 4.79 Å². The van der Waals surface area contributed by atoms with Gasteiger partial charge in [-0.1, -0.05) is 36.9 Å². The number of hydrogen-bond acceptors (Lipinski definition) is 5. The first-order valence-corrected chi connectivity index (χ1v) is 7.15. The molecule has 1 aromatic carbocycles. The quantitative estimate of drug-likeness (QED) is 0.473. The molecule has 0 unspecified atom stereocenters. The minimum absolute atomic E-state index is 0.258. The number of benzene rings is 1. The van der Waals surface area contributed by atoms with E-state index in [9.17, 15) is 4.79 Å². The number of amides is 1. The Morgan fingerprint density at radius 1 is 1.05 bits per heavy atom. The molecule has 22 heavy (non-hydrogen) atoms. The van der Waals surface area contributed by atoms with Crippen molar-refractivity contribution in [1.29, 1.82) is 0 Å². The third-order valence-electron chi connectivity index (χ3n) is 2.56. The van der Waals surface area contributed by atoms with Gasteiger partial charge < -0.3 is 24.3 Å². The van der Waals surface area contributed by atoms with Gasteiger partial charge in [0.05, 0.1) is 32.7 Å². The molecule has 0 aliphatic rings. The van der Waals surface area contributed by atoms with Crippen LogP contribution in [-0.2, 0) is 25.6 Å². The van der Waals surface area contributed by atoms with Crippen LogP contribution in [0.25, 0.3) is 0 Å². The monoisotopic (exact) mass is 309 g/mol. The minimum Gasteiger partial charge on any atom is -0.499 e. The minimum atomic E-state index is -0.453. The van der Waals surface area contributed by atoms with Crippen LogP contribution in [0.15, 0.2) is 43.2 Å². The van der Waals surface area contributed by atoms with Gasteiger partial charge in [-0.3, -0.25) is 0 Å². The molecule has 1 N–H and O–H groups in total. The van der Waals surface area contributed by atoms with Crippen LogP contribution in [0.3, 0.4) is 0 Å². The summed E-state index contributed by atoms with van der Waals surface area (Å²) in [5.41, 5.74) is 0.950. The number of carbonyl (C=O) groups excluding carboxylic acids is 1. The average Bonchev–Trinajstić information content (AvgIpc) is 2.55. The predicted octanol–water partition coefficient (Wildman–Crippen LogP) is 2.11. The third kappa shape index (κ3) is 9.79. The summed E-state index contributed by atoms with van der Waals surface area (Å²) in [5.74, 6) is 0. The molecule has 0 spiro atoms. The molecule has 1 rings (SSSR count). The number of nitrogens with one attached hydrogen (secondary N) is 1. The Labute approximate surface area is 131 Å². The second kappa shape index (κ2) is 12.7. The zero-order valence-electron chi connectivity index (χ0n) is 12.7. The van der Waals surface area contributed by atoms with Gasteiger partial charge in [-0.15, -0.1) is 0 Å². The molecule has 0 aliphatic heterocycles. The Hall–Kier alpha value is -2.05. The van der Waals surface area contributed by atoms with E-state index in [2.05, 4.69) is 11.9 Å². The van der Waals surface area contributed by atoms with Gasteiger partial charge in [0, 0.05) is 6.54 Å². The van der Waals surface area contributed by atoms with Crippen LogP contribution in [0, 0.1) is 0 Å². The number of rotatable bonds is 12. The third-order valence-corrected chi connectivity index (χ3v) is 2.56. The highest BCUT2D eigenvalue weighted by Gasteiger charge is 2.01. The first kappa shape index (κ1) is 18.0. The van der Waals surface area contributed by atoms with Crippen molar-refractivity contribution < 1.29 is 23.7 Å². The number of alkyl carbamates (subject to hydrolysis) is 1. The van der Waals surface area contributed by atoms with E-state index in [-0.39, 0.29) is 6.61 Å². The van der Waals surface area contributed by atoms with E-state index in [1.165, 1.54) is 6.26 Å². The van der Waals surface area contributed by atoms with Crippen LogP contribution < -0.4 is 5.32 Å². The summed E-state index contributed by atoms with van der Waals surface area (Å²) < 4.78 is 20.5. The summed E-state index contributed by atoms with van der Waals surface area (Å²) in [7, 11) is 0. The van der Waals surface area contributed by atoms with Crippen LogP contribution in [0.1, 0.15) is 5.56 Å². The van der Waals surface area contributed by atoms with Crippen molar-refractivity contribution in [2.24, 2.45) is 0 Å². The first-order chi connectivity index (χ1) is 10.8. The number of hydrogen-bond donors (Lipinski definition) is 1. The Kier molecular flexibility index (Phi) is 10.4. The van der Waals surface area contributed by atoms with Crippen molar-refractivity contribution in [1.82, 2.24) is 5.32 Å². The largest absolute Gasteiger partial charge is 0.499 e. The van der Waals surface area contributed by atoms with Crippen LogP contribution >= 0.6 is 0 Å². The Balaban J connectivity index is 1.87. The van der Waals surface area contributed by atoms with E-state index >= 15 is 0 Å². The van der Waals surface area contributed by atoms with E-state index in [1.807, 2.05) is 30.3 Å². The molecule has 1 aromatic rings. The van der Waals surface area contributed by atoms with Gasteiger partial charge in [0.1, 0.15) is 13.2 Å². The average molecular weight is 309 g/mol.